The summed E-state index contributed by atoms with van der Waals surface area (Å²) in [4.78, 5) is 12.2. The number of carbonyl (C=O) groups excluding carboxylic acids is 1. The van der Waals surface area contributed by atoms with Crippen LogP contribution >= 0.6 is 0 Å². The highest BCUT2D eigenvalue weighted by atomic mass is 16.5. The zero-order chi connectivity index (χ0) is 25.1. The SMILES string of the molecule is CCCCCCCCCCCC(=O)OC(C)c1ccc(-c2ccc(OCCCCCC)cc2)cc1. The maximum atomic E-state index is 12.2. The first-order valence-electron chi connectivity index (χ1n) is 14.2. The van der Waals surface area contributed by atoms with E-state index in [1.165, 1.54) is 64.2 Å². The van der Waals surface area contributed by atoms with Crippen molar-refractivity contribution in [3.8, 4) is 16.9 Å². The van der Waals surface area contributed by atoms with E-state index in [1.807, 2.05) is 19.1 Å². The summed E-state index contributed by atoms with van der Waals surface area (Å²) in [6.07, 6.45) is 16.4. The van der Waals surface area contributed by atoms with Crippen LogP contribution in [0.5, 0.6) is 5.75 Å². The lowest BCUT2D eigenvalue weighted by molar-refractivity contribution is -0.148. The smallest absolute Gasteiger partial charge is 0.306 e. The lowest BCUT2D eigenvalue weighted by Crippen LogP contribution is -2.08. The van der Waals surface area contributed by atoms with Gasteiger partial charge in [-0.3, -0.25) is 4.79 Å². The highest BCUT2D eigenvalue weighted by Crippen LogP contribution is 2.26. The van der Waals surface area contributed by atoms with Crippen molar-refractivity contribution in [3.05, 3.63) is 54.1 Å². The van der Waals surface area contributed by atoms with Gasteiger partial charge in [0, 0.05) is 6.42 Å². The molecule has 0 radical (unpaired) electrons. The van der Waals surface area contributed by atoms with Crippen molar-refractivity contribution in [2.75, 3.05) is 6.61 Å². The van der Waals surface area contributed by atoms with Crippen LogP contribution in [0.3, 0.4) is 0 Å². The molecule has 194 valence electrons. The van der Waals surface area contributed by atoms with Crippen LogP contribution in [0.15, 0.2) is 48.5 Å². The first kappa shape index (κ1) is 28.9. The molecule has 35 heavy (non-hydrogen) atoms. The number of benzene rings is 2. The predicted octanol–water partition coefficient (Wildman–Crippen LogP) is 9.84. The van der Waals surface area contributed by atoms with Crippen molar-refractivity contribution in [1.29, 1.82) is 0 Å². The molecule has 1 unspecified atom stereocenters. The molecular formula is C32H48O3. The molecule has 0 fully saturated rings. The van der Waals surface area contributed by atoms with Gasteiger partial charge in [-0.1, -0.05) is 121 Å². The van der Waals surface area contributed by atoms with E-state index in [1.54, 1.807) is 0 Å². The summed E-state index contributed by atoms with van der Waals surface area (Å²) in [6, 6.07) is 16.6. The van der Waals surface area contributed by atoms with Gasteiger partial charge in [-0.25, -0.2) is 0 Å². The fourth-order valence-electron chi connectivity index (χ4n) is 4.31. The highest BCUT2D eigenvalue weighted by Gasteiger charge is 2.12. The molecule has 0 spiro atoms. The van der Waals surface area contributed by atoms with E-state index >= 15 is 0 Å². The largest absolute Gasteiger partial charge is 0.494 e. The molecule has 0 heterocycles. The average molecular weight is 481 g/mol. The fraction of sp³-hybridized carbons (Fsp3) is 0.594. The Balaban J connectivity index is 1.67. The standard InChI is InChI=1S/C32H48O3/c1-4-6-8-10-11-12-13-14-15-17-32(33)35-27(3)28-18-20-29(21-19-28)30-22-24-31(25-23-30)34-26-16-9-7-5-2/h18-25,27H,4-17,26H2,1-3H3. The molecule has 0 saturated carbocycles. The van der Waals surface area contributed by atoms with Crippen LogP contribution in [0.25, 0.3) is 11.1 Å². The molecule has 0 bridgehead atoms. The van der Waals surface area contributed by atoms with Gasteiger partial charge in [-0.05, 0) is 48.6 Å². The molecule has 3 nitrogen and oxygen atoms in total. The number of esters is 1. The van der Waals surface area contributed by atoms with Gasteiger partial charge in [0.25, 0.3) is 0 Å². The van der Waals surface area contributed by atoms with E-state index in [2.05, 4.69) is 50.2 Å². The number of hydrogen-bond donors (Lipinski definition) is 0. The predicted molar refractivity (Wildman–Crippen MR) is 148 cm³/mol. The number of unbranched alkanes of at least 4 members (excludes halogenated alkanes) is 11. The minimum Gasteiger partial charge on any atom is -0.494 e. The van der Waals surface area contributed by atoms with Crippen LogP contribution < -0.4 is 4.74 Å². The quantitative estimate of drug-likeness (QED) is 0.148. The minimum absolute atomic E-state index is 0.0881. The third-order valence-electron chi connectivity index (χ3n) is 6.63. The molecule has 0 N–H and O–H groups in total. The summed E-state index contributed by atoms with van der Waals surface area (Å²) in [5.41, 5.74) is 3.34. The topological polar surface area (TPSA) is 35.5 Å². The average Bonchev–Trinajstić information content (AvgIpc) is 2.88. The van der Waals surface area contributed by atoms with Crippen LogP contribution in [-0.4, -0.2) is 12.6 Å². The van der Waals surface area contributed by atoms with E-state index in [0.29, 0.717) is 6.42 Å². The van der Waals surface area contributed by atoms with E-state index in [0.717, 1.165) is 48.3 Å². The molecule has 1 atom stereocenters. The molecule has 0 aliphatic heterocycles. The lowest BCUT2D eigenvalue weighted by Gasteiger charge is -2.14. The first-order chi connectivity index (χ1) is 17.1. The summed E-state index contributed by atoms with van der Waals surface area (Å²) in [6.45, 7) is 7.21. The molecule has 0 aliphatic carbocycles. The lowest BCUT2D eigenvalue weighted by atomic mass is 10.0. The van der Waals surface area contributed by atoms with Gasteiger partial charge in [0.15, 0.2) is 0 Å². The molecule has 3 heteroatoms. The van der Waals surface area contributed by atoms with Crippen LogP contribution in [0, 0.1) is 0 Å². The van der Waals surface area contributed by atoms with Crippen molar-refractivity contribution in [2.45, 2.75) is 117 Å². The summed E-state index contributed by atoms with van der Waals surface area (Å²) in [5.74, 6) is 0.837. The molecular weight excluding hydrogens is 432 g/mol. The number of carbonyl (C=O) groups is 1. The second kappa shape index (κ2) is 18.0. The first-order valence-corrected chi connectivity index (χ1v) is 14.2. The fourth-order valence-corrected chi connectivity index (χ4v) is 4.31. The molecule has 0 amide bonds. The number of rotatable bonds is 19. The summed E-state index contributed by atoms with van der Waals surface area (Å²) >= 11 is 0. The van der Waals surface area contributed by atoms with Crippen molar-refractivity contribution in [1.82, 2.24) is 0 Å². The number of ether oxygens (including phenoxy) is 2. The Kier molecular flexibility index (Phi) is 14.9. The summed E-state index contributed by atoms with van der Waals surface area (Å²) in [5, 5.41) is 0. The maximum absolute atomic E-state index is 12.2. The third-order valence-corrected chi connectivity index (χ3v) is 6.63. The van der Waals surface area contributed by atoms with Gasteiger partial charge in [-0.15, -0.1) is 0 Å². The molecule has 2 rings (SSSR count). The second-order valence-corrected chi connectivity index (χ2v) is 9.77. The Morgan fingerprint density at radius 1 is 0.657 bits per heavy atom. The normalized spacial score (nSPS) is 11.9. The Hall–Kier alpha value is -2.29. The molecule has 2 aromatic carbocycles. The van der Waals surface area contributed by atoms with Crippen LogP contribution in [0.4, 0.5) is 0 Å². The zero-order valence-corrected chi connectivity index (χ0v) is 22.5. The third kappa shape index (κ3) is 12.3. The molecule has 0 saturated heterocycles. The van der Waals surface area contributed by atoms with Gasteiger partial charge in [0.2, 0.25) is 0 Å². The minimum atomic E-state index is -0.224. The zero-order valence-electron chi connectivity index (χ0n) is 22.5. The van der Waals surface area contributed by atoms with Crippen molar-refractivity contribution < 1.29 is 14.3 Å². The van der Waals surface area contributed by atoms with Crippen molar-refractivity contribution in [3.63, 3.8) is 0 Å². The second-order valence-electron chi connectivity index (χ2n) is 9.77. The Morgan fingerprint density at radius 3 is 1.71 bits per heavy atom. The Morgan fingerprint density at radius 2 is 1.14 bits per heavy atom. The molecule has 0 aromatic heterocycles. The van der Waals surface area contributed by atoms with Crippen molar-refractivity contribution in [2.24, 2.45) is 0 Å². The van der Waals surface area contributed by atoms with Gasteiger partial charge in [0.1, 0.15) is 11.9 Å². The van der Waals surface area contributed by atoms with Gasteiger partial charge < -0.3 is 9.47 Å². The van der Waals surface area contributed by atoms with Crippen molar-refractivity contribution >= 4 is 5.97 Å². The summed E-state index contributed by atoms with van der Waals surface area (Å²) in [7, 11) is 0. The van der Waals surface area contributed by atoms with E-state index in [-0.39, 0.29) is 12.1 Å². The maximum Gasteiger partial charge on any atom is 0.306 e. The molecule has 2 aromatic rings. The van der Waals surface area contributed by atoms with E-state index < -0.39 is 0 Å². The van der Waals surface area contributed by atoms with E-state index in [9.17, 15) is 4.79 Å². The van der Waals surface area contributed by atoms with Crippen LogP contribution in [0.1, 0.15) is 122 Å². The monoisotopic (exact) mass is 480 g/mol. The van der Waals surface area contributed by atoms with E-state index in [4.69, 9.17) is 9.47 Å². The van der Waals surface area contributed by atoms with Gasteiger partial charge in [-0.2, -0.15) is 0 Å². The van der Waals surface area contributed by atoms with Crippen LogP contribution in [0.2, 0.25) is 0 Å². The highest BCUT2D eigenvalue weighted by molar-refractivity contribution is 5.69. The molecule has 0 aliphatic rings. The Labute approximate surface area is 214 Å². The van der Waals surface area contributed by atoms with Crippen LogP contribution in [-0.2, 0) is 9.53 Å². The number of hydrogen-bond acceptors (Lipinski definition) is 3. The summed E-state index contributed by atoms with van der Waals surface area (Å²) < 4.78 is 11.5. The van der Waals surface area contributed by atoms with Gasteiger partial charge >= 0.3 is 5.97 Å². The van der Waals surface area contributed by atoms with Gasteiger partial charge in [0.05, 0.1) is 6.61 Å². The Bertz CT molecular complexity index is 795.